The first-order valence-corrected chi connectivity index (χ1v) is 9.60. The number of nitrogens with zero attached hydrogens (tertiary/aromatic N) is 1. The number of fused-ring (bicyclic) bond motifs is 3. The summed E-state index contributed by atoms with van der Waals surface area (Å²) in [5, 5.41) is 12.8. The van der Waals surface area contributed by atoms with Gasteiger partial charge in [-0.25, -0.2) is 0 Å². The van der Waals surface area contributed by atoms with Crippen molar-refractivity contribution in [2.75, 3.05) is 0 Å². The molecule has 0 atom stereocenters. The summed E-state index contributed by atoms with van der Waals surface area (Å²) in [4.78, 5) is 0. The Morgan fingerprint density at radius 2 is 1.25 bits per heavy atom. The maximum Gasteiger partial charge on any atom is 0.330 e. The predicted octanol–water partition coefficient (Wildman–Crippen LogP) is 4.59. The summed E-state index contributed by atoms with van der Waals surface area (Å²) >= 11 is 0. The normalized spacial score (nSPS) is 12.6. The highest BCUT2D eigenvalue weighted by atomic mass is 16.5. The van der Waals surface area contributed by atoms with Crippen LogP contribution in [-0.4, -0.2) is 28.4 Å². The third kappa shape index (κ3) is 3.23. The van der Waals surface area contributed by atoms with Gasteiger partial charge in [-0.1, -0.05) is 54.0 Å². The first kappa shape index (κ1) is 18.8. The minimum absolute atomic E-state index is 0.682. The predicted molar refractivity (Wildman–Crippen MR) is 118 cm³/mol. The fourth-order valence-electron chi connectivity index (χ4n) is 3.26. The van der Waals surface area contributed by atoms with Gasteiger partial charge in [0.05, 0.1) is 22.2 Å². The molecule has 0 aliphatic heterocycles. The van der Waals surface area contributed by atoms with Gasteiger partial charge in [0.2, 0.25) is 0 Å². The van der Waals surface area contributed by atoms with E-state index in [1.807, 2.05) is 26.0 Å². The molecule has 0 aliphatic rings. The Balaban J connectivity index is 1.68. The van der Waals surface area contributed by atoms with Crippen LogP contribution in [0.15, 0.2) is 72.8 Å². The number of rotatable bonds is 5. The number of para-hydroxylation sites is 2. The van der Waals surface area contributed by atoms with Crippen molar-refractivity contribution in [1.29, 1.82) is 0 Å². The molecule has 28 heavy (non-hydrogen) atoms. The number of benzene rings is 3. The van der Waals surface area contributed by atoms with Crippen molar-refractivity contribution in [2.45, 2.75) is 38.9 Å². The van der Waals surface area contributed by atoms with Crippen molar-refractivity contribution < 1.29 is 9.76 Å². The molecular formula is C24H25BNO2. The quantitative estimate of drug-likeness (QED) is 0.521. The van der Waals surface area contributed by atoms with Gasteiger partial charge in [-0.15, -0.1) is 0 Å². The second-order valence-corrected chi connectivity index (χ2v) is 8.27. The molecule has 141 valence electrons. The van der Waals surface area contributed by atoms with Crippen molar-refractivity contribution in [3.05, 3.63) is 72.8 Å². The highest BCUT2D eigenvalue weighted by Crippen LogP contribution is 2.31. The van der Waals surface area contributed by atoms with Gasteiger partial charge < -0.3 is 14.3 Å². The Labute approximate surface area is 166 Å². The average molecular weight is 370 g/mol. The summed E-state index contributed by atoms with van der Waals surface area (Å²) < 4.78 is 8.16. The number of hydrogen-bond donors (Lipinski definition) is 1. The van der Waals surface area contributed by atoms with E-state index in [1.165, 1.54) is 21.8 Å². The van der Waals surface area contributed by atoms with Crippen LogP contribution in [0.4, 0.5) is 0 Å². The second-order valence-electron chi connectivity index (χ2n) is 8.27. The van der Waals surface area contributed by atoms with Crippen LogP contribution in [0.1, 0.15) is 27.7 Å². The molecule has 4 heteroatoms. The monoisotopic (exact) mass is 370 g/mol. The molecule has 3 nitrogen and oxygen atoms in total. The third-order valence-electron chi connectivity index (χ3n) is 5.69. The van der Waals surface area contributed by atoms with Crippen LogP contribution in [0.5, 0.6) is 0 Å². The Kier molecular flexibility index (Phi) is 4.57. The summed E-state index contributed by atoms with van der Waals surface area (Å²) in [5.41, 5.74) is 2.84. The lowest BCUT2D eigenvalue weighted by Gasteiger charge is -2.37. The lowest BCUT2D eigenvalue weighted by Crippen LogP contribution is -2.49. The van der Waals surface area contributed by atoms with Crippen molar-refractivity contribution >= 4 is 34.8 Å². The highest BCUT2D eigenvalue weighted by Gasteiger charge is 2.35. The van der Waals surface area contributed by atoms with Crippen LogP contribution in [0.2, 0.25) is 0 Å². The molecule has 1 N–H and O–H groups in total. The molecule has 0 fully saturated rings. The van der Waals surface area contributed by atoms with E-state index in [-0.39, 0.29) is 0 Å². The molecule has 0 unspecified atom stereocenters. The maximum absolute atomic E-state index is 10.2. The minimum Gasteiger partial charge on any atom is -0.427 e. The lowest BCUT2D eigenvalue weighted by molar-refractivity contribution is -0.0893. The van der Waals surface area contributed by atoms with Crippen LogP contribution in [0.3, 0.4) is 0 Å². The second kappa shape index (κ2) is 6.80. The van der Waals surface area contributed by atoms with Crippen molar-refractivity contribution in [3.63, 3.8) is 0 Å². The van der Waals surface area contributed by atoms with E-state index in [2.05, 4.69) is 65.2 Å². The molecule has 3 aromatic carbocycles. The van der Waals surface area contributed by atoms with Crippen LogP contribution >= 0.6 is 0 Å². The van der Waals surface area contributed by atoms with Crippen LogP contribution in [0.25, 0.3) is 27.5 Å². The van der Waals surface area contributed by atoms with E-state index in [0.717, 1.165) is 11.2 Å². The van der Waals surface area contributed by atoms with Gasteiger partial charge in [0.15, 0.2) is 0 Å². The van der Waals surface area contributed by atoms with E-state index in [1.54, 1.807) is 21.3 Å². The van der Waals surface area contributed by atoms with Gasteiger partial charge in [-0.05, 0) is 52.0 Å². The Morgan fingerprint density at radius 3 is 1.75 bits per heavy atom. The summed E-state index contributed by atoms with van der Waals surface area (Å²) in [6, 6.07) is 25.3. The van der Waals surface area contributed by atoms with E-state index >= 15 is 0 Å². The van der Waals surface area contributed by atoms with E-state index in [4.69, 9.17) is 4.65 Å². The molecule has 4 aromatic rings. The third-order valence-corrected chi connectivity index (χ3v) is 5.69. The van der Waals surface area contributed by atoms with Crippen LogP contribution in [-0.2, 0) is 4.65 Å². The Hall–Kier alpha value is -2.56. The topological polar surface area (TPSA) is 34.4 Å². The smallest absolute Gasteiger partial charge is 0.330 e. The highest BCUT2D eigenvalue weighted by molar-refractivity contribution is 6.47. The molecular weight excluding hydrogens is 345 g/mol. The SMILES string of the molecule is CC(C)(O)C(C)(C)O[B]c1ccc(-n2c3ccccc3c3ccccc32)cc1. The molecule has 0 saturated carbocycles. The zero-order chi connectivity index (χ0) is 19.9. The van der Waals surface area contributed by atoms with E-state index in [9.17, 15) is 5.11 Å². The van der Waals surface area contributed by atoms with Crippen molar-refractivity contribution in [1.82, 2.24) is 4.57 Å². The Morgan fingerprint density at radius 1 is 0.750 bits per heavy atom. The molecule has 0 amide bonds. The average Bonchev–Trinajstić information content (AvgIpc) is 3.01. The molecule has 1 aromatic heterocycles. The van der Waals surface area contributed by atoms with Crippen molar-refractivity contribution in [3.8, 4) is 5.69 Å². The first-order chi connectivity index (χ1) is 13.3. The van der Waals surface area contributed by atoms with Gasteiger partial charge in [-0.3, -0.25) is 0 Å². The lowest BCUT2D eigenvalue weighted by atomic mass is 9.82. The zero-order valence-electron chi connectivity index (χ0n) is 16.8. The first-order valence-electron chi connectivity index (χ1n) is 9.60. The van der Waals surface area contributed by atoms with Gasteiger partial charge in [0.1, 0.15) is 0 Å². The molecule has 0 saturated heterocycles. The summed E-state index contributed by atoms with van der Waals surface area (Å²) in [6.45, 7) is 7.28. The van der Waals surface area contributed by atoms with Crippen LogP contribution < -0.4 is 5.46 Å². The number of aromatic nitrogens is 1. The van der Waals surface area contributed by atoms with E-state index in [0.29, 0.717) is 0 Å². The molecule has 0 bridgehead atoms. The Bertz CT molecular complexity index is 1070. The molecule has 0 aliphatic carbocycles. The molecule has 0 spiro atoms. The molecule has 1 radical (unpaired) electrons. The largest absolute Gasteiger partial charge is 0.427 e. The van der Waals surface area contributed by atoms with E-state index < -0.39 is 11.2 Å². The fraction of sp³-hybridized carbons (Fsp3) is 0.250. The number of hydrogen-bond acceptors (Lipinski definition) is 2. The summed E-state index contributed by atoms with van der Waals surface area (Å²) in [7, 11) is 1.72. The maximum atomic E-state index is 10.2. The summed E-state index contributed by atoms with van der Waals surface area (Å²) in [6.07, 6.45) is 0. The number of aliphatic hydroxyl groups is 1. The van der Waals surface area contributed by atoms with Gasteiger partial charge in [-0.2, -0.15) is 0 Å². The fourth-order valence-corrected chi connectivity index (χ4v) is 3.26. The van der Waals surface area contributed by atoms with Crippen LogP contribution in [0, 0.1) is 0 Å². The summed E-state index contributed by atoms with van der Waals surface area (Å²) in [5.74, 6) is 0. The zero-order valence-corrected chi connectivity index (χ0v) is 16.8. The standard InChI is InChI=1S/C24H25BNO2/c1-23(2,27)24(3,4)28-25-17-13-15-18(16-14-17)26-21-11-7-5-9-19(21)20-10-6-8-12-22(20)26/h5-16,27H,1-4H3. The van der Waals surface area contributed by atoms with Gasteiger partial charge in [0.25, 0.3) is 0 Å². The molecule has 1 heterocycles. The molecule has 4 rings (SSSR count). The minimum atomic E-state index is -0.938. The van der Waals surface area contributed by atoms with Gasteiger partial charge >= 0.3 is 7.48 Å². The van der Waals surface area contributed by atoms with Gasteiger partial charge in [0, 0.05) is 16.5 Å². The van der Waals surface area contributed by atoms with Crippen molar-refractivity contribution in [2.24, 2.45) is 0 Å².